The van der Waals surface area contributed by atoms with Crippen molar-refractivity contribution in [2.45, 2.75) is 26.9 Å². The quantitative estimate of drug-likeness (QED) is 0.594. The lowest BCUT2D eigenvalue weighted by molar-refractivity contribution is 0.187. The van der Waals surface area contributed by atoms with Crippen LogP contribution < -0.4 is 10.1 Å². The molecule has 6 heteroatoms. The molecule has 0 aliphatic carbocycles. The van der Waals surface area contributed by atoms with Crippen LogP contribution in [0.15, 0.2) is 30.3 Å². The van der Waals surface area contributed by atoms with Crippen LogP contribution in [0.25, 0.3) is 0 Å². The molecule has 0 aromatic heterocycles. The first-order valence-corrected chi connectivity index (χ1v) is 8.96. The SMILES string of the molecule is CCc1cc(Cl)c(OCc2c(I)cccc2NC(=O)OC)cc1C. The van der Waals surface area contributed by atoms with Crippen LogP contribution in [-0.2, 0) is 17.8 Å². The normalized spacial score (nSPS) is 10.4. The fourth-order valence-electron chi connectivity index (χ4n) is 2.32. The van der Waals surface area contributed by atoms with Crippen molar-refractivity contribution in [2.24, 2.45) is 0 Å². The van der Waals surface area contributed by atoms with Crippen molar-refractivity contribution in [2.75, 3.05) is 12.4 Å². The molecule has 0 fully saturated rings. The van der Waals surface area contributed by atoms with Crippen LogP contribution >= 0.6 is 34.2 Å². The zero-order valence-corrected chi connectivity index (χ0v) is 16.7. The molecular formula is C18H19ClINO3. The molecule has 0 bridgehead atoms. The zero-order valence-electron chi connectivity index (χ0n) is 13.8. The largest absolute Gasteiger partial charge is 0.487 e. The molecule has 24 heavy (non-hydrogen) atoms. The summed E-state index contributed by atoms with van der Waals surface area (Å²) < 4.78 is 11.6. The van der Waals surface area contributed by atoms with Crippen molar-refractivity contribution in [3.05, 3.63) is 55.6 Å². The van der Waals surface area contributed by atoms with Gasteiger partial charge in [-0.1, -0.05) is 24.6 Å². The van der Waals surface area contributed by atoms with Crippen LogP contribution in [0.1, 0.15) is 23.6 Å². The minimum absolute atomic E-state index is 0.295. The highest BCUT2D eigenvalue weighted by atomic mass is 127. The summed E-state index contributed by atoms with van der Waals surface area (Å²) in [7, 11) is 1.33. The van der Waals surface area contributed by atoms with Gasteiger partial charge in [0.2, 0.25) is 0 Å². The first kappa shape index (κ1) is 18.9. The van der Waals surface area contributed by atoms with E-state index < -0.39 is 6.09 Å². The average Bonchev–Trinajstić information content (AvgIpc) is 2.56. The van der Waals surface area contributed by atoms with Gasteiger partial charge < -0.3 is 9.47 Å². The van der Waals surface area contributed by atoms with E-state index in [0.717, 1.165) is 21.1 Å². The topological polar surface area (TPSA) is 47.6 Å². The summed E-state index contributed by atoms with van der Waals surface area (Å²) in [6.45, 7) is 4.43. The Kier molecular flexibility index (Phi) is 6.74. The molecule has 0 radical (unpaired) electrons. The van der Waals surface area contributed by atoms with E-state index in [-0.39, 0.29) is 0 Å². The van der Waals surface area contributed by atoms with Crippen LogP contribution in [-0.4, -0.2) is 13.2 Å². The summed E-state index contributed by atoms with van der Waals surface area (Å²) in [6.07, 6.45) is 0.412. The number of methoxy groups -OCH3 is 1. The molecule has 0 saturated heterocycles. The van der Waals surface area contributed by atoms with Crippen molar-refractivity contribution in [3.63, 3.8) is 0 Å². The summed E-state index contributed by atoms with van der Waals surface area (Å²) >= 11 is 8.53. The molecule has 0 atom stereocenters. The Balaban J connectivity index is 2.23. The summed E-state index contributed by atoms with van der Waals surface area (Å²) in [6, 6.07) is 9.52. The smallest absolute Gasteiger partial charge is 0.411 e. The fraction of sp³-hybridized carbons (Fsp3) is 0.278. The van der Waals surface area contributed by atoms with Crippen LogP contribution in [0.3, 0.4) is 0 Å². The molecule has 2 aromatic rings. The lowest BCUT2D eigenvalue weighted by atomic mass is 10.1. The van der Waals surface area contributed by atoms with E-state index in [0.29, 0.717) is 23.1 Å². The molecule has 2 rings (SSSR count). The van der Waals surface area contributed by atoms with Crippen molar-refractivity contribution in [1.29, 1.82) is 0 Å². The number of amides is 1. The van der Waals surface area contributed by atoms with Crippen molar-refractivity contribution >= 4 is 46.0 Å². The first-order chi connectivity index (χ1) is 11.5. The molecular weight excluding hydrogens is 441 g/mol. The third-order valence-corrected chi connectivity index (χ3v) is 4.99. The maximum atomic E-state index is 11.5. The van der Waals surface area contributed by atoms with E-state index in [4.69, 9.17) is 16.3 Å². The van der Waals surface area contributed by atoms with Gasteiger partial charge in [0, 0.05) is 9.13 Å². The molecule has 1 N–H and O–H groups in total. The Morgan fingerprint density at radius 2 is 2.08 bits per heavy atom. The lowest BCUT2D eigenvalue weighted by Gasteiger charge is -2.15. The van der Waals surface area contributed by atoms with Crippen molar-refractivity contribution in [3.8, 4) is 5.75 Å². The Bertz CT molecular complexity index is 749. The maximum Gasteiger partial charge on any atom is 0.411 e. The van der Waals surface area contributed by atoms with E-state index in [1.54, 1.807) is 0 Å². The van der Waals surface area contributed by atoms with E-state index >= 15 is 0 Å². The first-order valence-electron chi connectivity index (χ1n) is 7.50. The number of hydrogen-bond acceptors (Lipinski definition) is 3. The Morgan fingerprint density at radius 1 is 1.33 bits per heavy atom. The zero-order chi connectivity index (χ0) is 17.7. The van der Waals surface area contributed by atoms with Crippen LogP contribution in [0.2, 0.25) is 5.02 Å². The predicted octanol–water partition coefficient (Wildman–Crippen LogP) is 5.57. The number of aryl methyl sites for hydroxylation is 2. The molecule has 0 unspecified atom stereocenters. The van der Waals surface area contributed by atoms with Crippen molar-refractivity contribution in [1.82, 2.24) is 0 Å². The van der Waals surface area contributed by atoms with Crippen LogP contribution in [0.5, 0.6) is 5.75 Å². The molecule has 4 nitrogen and oxygen atoms in total. The predicted molar refractivity (Wildman–Crippen MR) is 105 cm³/mol. The van der Waals surface area contributed by atoms with Gasteiger partial charge in [-0.3, -0.25) is 5.32 Å². The van der Waals surface area contributed by atoms with Gasteiger partial charge in [-0.15, -0.1) is 0 Å². The highest BCUT2D eigenvalue weighted by Gasteiger charge is 2.12. The second-order valence-corrected chi connectivity index (χ2v) is 6.80. The van der Waals surface area contributed by atoms with Gasteiger partial charge >= 0.3 is 6.09 Å². The molecule has 0 aliphatic heterocycles. The second-order valence-electron chi connectivity index (χ2n) is 5.23. The van der Waals surface area contributed by atoms with E-state index in [1.165, 1.54) is 12.7 Å². The summed E-state index contributed by atoms with van der Waals surface area (Å²) in [4.78, 5) is 11.5. The summed E-state index contributed by atoms with van der Waals surface area (Å²) in [5, 5.41) is 3.29. The minimum Gasteiger partial charge on any atom is -0.487 e. The number of nitrogens with one attached hydrogen (secondary N) is 1. The van der Waals surface area contributed by atoms with E-state index in [2.05, 4.69) is 39.6 Å². The number of rotatable bonds is 5. The van der Waals surface area contributed by atoms with Gasteiger partial charge in [-0.2, -0.15) is 0 Å². The number of benzene rings is 2. The molecule has 0 aliphatic rings. The van der Waals surface area contributed by atoms with E-state index in [9.17, 15) is 4.79 Å². The van der Waals surface area contributed by atoms with Gasteiger partial charge in [0.05, 0.1) is 17.8 Å². The number of halogens is 2. The minimum atomic E-state index is -0.514. The van der Waals surface area contributed by atoms with E-state index in [1.807, 2.05) is 37.3 Å². The van der Waals surface area contributed by atoms with Gasteiger partial charge in [0.1, 0.15) is 12.4 Å². The second kappa shape index (κ2) is 8.58. The summed E-state index contributed by atoms with van der Waals surface area (Å²) in [5.74, 6) is 0.634. The van der Waals surface area contributed by atoms with Crippen molar-refractivity contribution < 1.29 is 14.3 Å². The molecule has 2 aromatic carbocycles. The molecule has 1 amide bonds. The Labute approximate surface area is 160 Å². The standard InChI is InChI=1S/C18H19ClINO3/c1-4-12-9-14(19)17(8-11(12)2)24-10-13-15(20)6-5-7-16(13)21-18(22)23-3/h5-9H,4,10H2,1-3H3,(H,21,22). The number of anilines is 1. The highest BCUT2D eigenvalue weighted by molar-refractivity contribution is 14.1. The Hall–Kier alpha value is -1.47. The maximum absolute atomic E-state index is 11.5. The number of ether oxygens (including phenoxy) is 2. The van der Waals surface area contributed by atoms with Crippen LogP contribution in [0.4, 0.5) is 10.5 Å². The number of carbonyl (C=O) groups excluding carboxylic acids is 1. The van der Waals surface area contributed by atoms with Gasteiger partial charge in [-0.05, 0) is 71.3 Å². The van der Waals surface area contributed by atoms with Gasteiger partial charge in [0.15, 0.2) is 0 Å². The third kappa shape index (κ3) is 4.54. The number of carbonyl (C=O) groups is 1. The molecule has 0 heterocycles. The van der Waals surface area contributed by atoms with Crippen LogP contribution in [0, 0.1) is 10.5 Å². The monoisotopic (exact) mass is 459 g/mol. The van der Waals surface area contributed by atoms with Gasteiger partial charge in [0.25, 0.3) is 0 Å². The third-order valence-electron chi connectivity index (χ3n) is 3.68. The highest BCUT2D eigenvalue weighted by Crippen LogP contribution is 2.31. The fourth-order valence-corrected chi connectivity index (χ4v) is 3.22. The average molecular weight is 460 g/mol. The number of hydrogen-bond donors (Lipinski definition) is 1. The Morgan fingerprint density at radius 3 is 2.75 bits per heavy atom. The lowest BCUT2D eigenvalue weighted by Crippen LogP contribution is -2.14. The van der Waals surface area contributed by atoms with Gasteiger partial charge in [-0.25, -0.2) is 4.79 Å². The molecule has 128 valence electrons. The molecule has 0 saturated carbocycles. The summed E-state index contributed by atoms with van der Waals surface area (Å²) in [5.41, 5.74) is 3.88. The molecule has 0 spiro atoms.